The second-order valence-electron chi connectivity index (χ2n) is 8.83. The van der Waals surface area contributed by atoms with Crippen molar-refractivity contribution in [1.29, 1.82) is 0 Å². The van der Waals surface area contributed by atoms with Gasteiger partial charge in [0.1, 0.15) is 16.3 Å². The lowest BCUT2D eigenvalue weighted by Gasteiger charge is -2.41. The molecule has 0 saturated carbocycles. The molecule has 9 heteroatoms. The SMILES string of the molecule is Cc1cnc2c(Cc3ccc4c(c3)[C@@]3(C)N=C(N)N(C)S(=O)(=O)[C@H]3CCC4)ccnc2n1. The van der Waals surface area contributed by atoms with Gasteiger partial charge in [-0.2, -0.15) is 0 Å². The predicted octanol–water partition coefficient (Wildman–Crippen LogP) is 2.43. The number of aromatic nitrogens is 3. The molecule has 0 spiro atoms. The van der Waals surface area contributed by atoms with Crippen LogP contribution in [0.3, 0.4) is 0 Å². The summed E-state index contributed by atoms with van der Waals surface area (Å²) in [5.41, 5.74) is 11.5. The lowest BCUT2D eigenvalue weighted by Crippen LogP contribution is -2.56. The van der Waals surface area contributed by atoms with E-state index in [0.717, 1.165) is 50.6 Å². The first-order valence-corrected chi connectivity index (χ1v) is 12.2. The number of hydrogen-bond acceptors (Lipinski definition) is 7. The van der Waals surface area contributed by atoms with Crippen LogP contribution in [-0.4, -0.2) is 45.9 Å². The molecule has 166 valence electrons. The minimum atomic E-state index is -3.59. The molecule has 0 bridgehead atoms. The highest BCUT2D eigenvalue weighted by molar-refractivity contribution is 7.90. The van der Waals surface area contributed by atoms with E-state index in [0.29, 0.717) is 18.5 Å². The molecule has 0 radical (unpaired) electrons. The molecule has 1 aliphatic heterocycles. The number of rotatable bonds is 2. The third-order valence-corrected chi connectivity index (χ3v) is 9.08. The Hall–Kier alpha value is -3.07. The van der Waals surface area contributed by atoms with E-state index >= 15 is 0 Å². The van der Waals surface area contributed by atoms with Crippen LogP contribution in [0.1, 0.15) is 47.7 Å². The van der Waals surface area contributed by atoms with E-state index in [2.05, 4.69) is 33.2 Å². The minimum Gasteiger partial charge on any atom is -0.369 e. The van der Waals surface area contributed by atoms with Gasteiger partial charge in [0.15, 0.2) is 5.65 Å². The lowest BCUT2D eigenvalue weighted by molar-refractivity contribution is 0.397. The van der Waals surface area contributed by atoms with Crippen LogP contribution >= 0.6 is 0 Å². The first kappa shape index (κ1) is 20.8. The van der Waals surface area contributed by atoms with Crippen molar-refractivity contribution < 1.29 is 8.42 Å². The van der Waals surface area contributed by atoms with E-state index in [4.69, 9.17) is 10.7 Å². The molecule has 2 N–H and O–H groups in total. The summed E-state index contributed by atoms with van der Waals surface area (Å²) in [5, 5.41) is -0.639. The minimum absolute atomic E-state index is 0.0350. The van der Waals surface area contributed by atoms with Gasteiger partial charge in [0, 0.05) is 19.4 Å². The first-order valence-electron chi connectivity index (χ1n) is 10.7. The van der Waals surface area contributed by atoms with Crippen molar-refractivity contribution in [1.82, 2.24) is 19.3 Å². The van der Waals surface area contributed by atoms with Gasteiger partial charge in [-0.3, -0.25) is 4.98 Å². The van der Waals surface area contributed by atoms with E-state index in [1.54, 1.807) is 12.4 Å². The van der Waals surface area contributed by atoms with Gasteiger partial charge in [-0.25, -0.2) is 27.7 Å². The molecule has 1 aliphatic carbocycles. The van der Waals surface area contributed by atoms with Gasteiger partial charge < -0.3 is 5.73 Å². The van der Waals surface area contributed by atoms with Gasteiger partial charge in [-0.1, -0.05) is 18.2 Å². The van der Waals surface area contributed by atoms with Crippen molar-refractivity contribution in [3.05, 3.63) is 64.6 Å². The zero-order chi connectivity index (χ0) is 22.7. The molecule has 2 atom stereocenters. The van der Waals surface area contributed by atoms with Gasteiger partial charge in [-0.15, -0.1) is 0 Å². The van der Waals surface area contributed by atoms with Gasteiger partial charge in [-0.05, 0) is 67.9 Å². The third kappa shape index (κ3) is 3.14. The monoisotopic (exact) mass is 450 g/mol. The van der Waals surface area contributed by atoms with Crippen LogP contribution in [0.5, 0.6) is 0 Å². The zero-order valence-corrected chi connectivity index (χ0v) is 19.2. The summed E-state index contributed by atoms with van der Waals surface area (Å²) < 4.78 is 27.6. The third-order valence-electron chi connectivity index (χ3n) is 6.72. The number of fused-ring (bicyclic) bond motifs is 4. The number of aryl methyl sites for hydroxylation is 2. The van der Waals surface area contributed by atoms with Crippen LogP contribution in [0.15, 0.2) is 41.7 Å². The molecule has 1 aromatic carbocycles. The highest BCUT2D eigenvalue weighted by Gasteiger charge is 2.51. The largest absolute Gasteiger partial charge is 0.369 e. The summed E-state index contributed by atoms with van der Waals surface area (Å²) in [6.45, 7) is 3.80. The van der Waals surface area contributed by atoms with Crippen LogP contribution < -0.4 is 5.73 Å². The smallest absolute Gasteiger partial charge is 0.242 e. The molecule has 0 fully saturated rings. The Morgan fingerprint density at radius 3 is 2.88 bits per heavy atom. The molecule has 5 rings (SSSR count). The quantitative estimate of drug-likeness (QED) is 0.641. The Bertz CT molecular complexity index is 1370. The molecule has 3 aromatic rings. The average molecular weight is 451 g/mol. The second-order valence-corrected chi connectivity index (χ2v) is 11.0. The van der Waals surface area contributed by atoms with Crippen molar-refractivity contribution in [2.45, 2.75) is 50.3 Å². The first-order chi connectivity index (χ1) is 15.2. The summed E-state index contributed by atoms with van der Waals surface area (Å²) >= 11 is 0. The normalized spacial score (nSPS) is 24.4. The molecular formula is C23H26N6O2S. The average Bonchev–Trinajstić information content (AvgIpc) is 2.89. The van der Waals surface area contributed by atoms with E-state index in [1.165, 1.54) is 7.05 Å². The number of nitrogens with zero attached hydrogens (tertiary/aromatic N) is 5. The predicted molar refractivity (Wildman–Crippen MR) is 124 cm³/mol. The molecule has 8 nitrogen and oxygen atoms in total. The molecule has 0 saturated heterocycles. The van der Waals surface area contributed by atoms with Crippen LogP contribution in [0.25, 0.3) is 11.2 Å². The molecule has 2 aromatic heterocycles. The standard InChI is InChI=1S/C23H26N6O2S/c1-14-13-26-20-17(9-10-25-21(20)27-14)11-15-7-8-16-5-4-6-19-23(2,18(16)12-15)28-22(24)29(3)32(19,30)31/h7-10,12-13,19H,4-6,11H2,1-3H3,(H2,24,28)/t19-,23+/m0/s1. The second kappa shape index (κ2) is 7.23. The maximum absolute atomic E-state index is 13.2. The van der Waals surface area contributed by atoms with E-state index in [-0.39, 0.29) is 5.96 Å². The van der Waals surface area contributed by atoms with Crippen molar-refractivity contribution >= 4 is 27.1 Å². The highest BCUT2D eigenvalue weighted by atomic mass is 32.2. The van der Waals surface area contributed by atoms with Crippen molar-refractivity contribution in [3.63, 3.8) is 0 Å². The number of aliphatic imine (C=N–C) groups is 1. The van der Waals surface area contributed by atoms with Crippen molar-refractivity contribution in [2.24, 2.45) is 10.7 Å². The van der Waals surface area contributed by atoms with Gasteiger partial charge in [0.2, 0.25) is 16.0 Å². The van der Waals surface area contributed by atoms with E-state index in [9.17, 15) is 8.42 Å². The number of nitrogens with two attached hydrogens (primary N) is 1. The summed E-state index contributed by atoms with van der Waals surface area (Å²) in [6, 6.07) is 8.26. The van der Waals surface area contributed by atoms with E-state index in [1.807, 2.05) is 19.9 Å². The maximum Gasteiger partial charge on any atom is 0.242 e. The topological polar surface area (TPSA) is 114 Å². The Balaban J connectivity index is 1.62. The van der Waals surface area contributed by atoms with Crippen LogP contribution in [-0.2, 0) is 28.4 Å². The molecule has 2 aliphatic rings. The summed E-state index contributed by atoms with van der Waals surface area (Å²) in [6.07, 6.45) is 6.29. The maximum atomic E-state index is 13.2. The van der Waals surface area contributed by atoms with Crippen LogP contribution in [0.2, 0.25) is 0 Å². The summed E-state index contributed by atoms with van der Waals surface area (Å²) in [5.74, 6) is 0.0350. The lowest BCUT2D eigenvalue weighted by atomic mass is 9.84. The summed E-state index contributed by atoms with van der Waals surface area (Å²) in [4.78, 5) is 18.1. The Morgan fingerprint density at radius 2 is 2.06 bits per heavy atom. The van der Waals surface area contributed by atoms with Crippen LogP contribution in [0.4, 0.5) is 0 Å². The fourth-order valence-corrected chi connectivity index (χ4v) is 6.88. The Morgan fingerprint density at radius 1 is 1.25 bits per heavy atom. The molecule has 0 amide bonds. The van der Waals surface area contributed by atoms with E-state index < -0.39 is 20.8 Å². The highest BCUT2D eigenvalue weighted by Crippen LogP contribution is 2.44. The Labute approximate surface area is 187 Å². The fraction of sp³-hybridized carbons (Fsp3) is 0.391. The van der Waals surface area contributed by atoms with Gasteiger partial charge in [0.05, 0.1) is 5.69 Å². The van der Waals surface area contributed by atoms with Gasteiger partial charge >= 0.3 is 0 Å². The number of sulfonamides is 1. The van der Waals surface area contributed by atoms with Crippen molar-refractivity contribution in [3.8, 4) is 0 Å². The Kier molecular flexibility index (Phi) is 4.70. The number of pyridine rings is 1. The number of guanidine groups is 1. The number of hydrogen-bond donors (Lipinski definition) is 1. The summed E-state index contributed by atoms with van der Waals surface area (Å²) in [7, 11) is -2.11. The van der Waals surface area contributed by atoms with Gasteiger partial charge in [0.25, 0.3) is 0 Å². The number of benzene rings is 1. The molecular weight excluding hydrogens is 424 g/mol. The molecule has 0 unspecified atom stereocenters. The molecule has 32 heavy (non-hydrogen) atoms. The molecule has 3 heterocycles. The van der Waals surface area contributed by atoms with Crippen LogP contribution in [0, 0.1) is 6.92 Å². The zero-order valence-electron chi connectivity index (χ0n) is 18.4. The fourth-order valence-electron chi connectivity index (χ4n) is 4.98. The van der Waals surface area contributed by atoms with Crippen molar-refractivity contribution in [2.75, 3.05) is 7.05 Å².